The number of hydrogen-bond donors (Lipinski definition) is 1. The first-order chi connectivity index (χ1) is 15.1. The average Bonchev–Trinajstić information content (AvgIpc) is 2.78. The molecule has 0 aliphatic heterocycles. The van der Waals surface area contributed by atoms with E-state index in [1.54, 1.807) is 7.11 Å². The normalized spacial score (nSPS) is 10.4. The molecule has 0 radical (unpaired) electrons. The molecular weight excluding hydrogens is 469 g/mol. The molecule has 0 saturated heterocycles. The van der Waals surface area contributed by atoms with Crippen molar-refractivity contribution in [2.75, 3.05) is 20.3 Å². The summed E-state index contributed by atoms with van der Waals surface area (Å²) in [5.74, 6) is 2.11. The zero-order chi connectivity index (χ0) is 22.1. The Labute approximate surface area is 206 Å². The summed E-state index contributed by atoms with van der Waals surface area (Å²) in [6.45, 7) is 4.34. The van der Waals surface area contributed by atoms with Gasteiger partial charge in [-0.05, 0) is 66.9 Å². The number of para-hydroxylation sites is 1. The van der Waals surface area contributed by atoms with Gasteiger partial charge in [-0.25, -0.2) is 0 Å². The molecule has 32 heavy (non-hydrogen) atoms. The van der Waals surface area contributed by atoms with E-state index in [2.05, 4.69) is 11.4 Å². The van der Waals surface area contributed by atoms with Gasteiger partial charge in [0.1, 0.15) is 12.4 Å². The molecule has 0 atom stereocenters. The van der Waals surface area contributed by atoms with E-state index in [0.29, 0.717) is 41.3 Å². The maximum absolute atomic E-state index is 6.54. The predicted molar refractivity (Wildman–Crippen MR) is 134 cm³/mol. The van der Waals surface area contributed by atoms with Crippen LogP contribution < -0.4 is 19.5 Å². The Balaban J connectivity index is 0.00000363. The molecule has 4 nitrogen and oxygen atoms in total. The standard InChI is InChI=1S/C25H27Cl2NO3.ClH/c1-3-30-24-15-19(16-28-13-12-20-6-4-5-7-23(20)29-2)14-22(27)25(24)31-17-18-8-10-21(26)11-9-18;/h4-11,14-15,28H,3,12-13,16-17H2,1-2H3;1H. The summed E-state index contributed by atoms with van der Waals surface area (Å²) in [7, 11) is 1.69. The van der Waals surface area contributed by atoms with Crippen molar-refractivity contribution in [2.24, 2.45) is 0 Å². The molecule has 0 aliphatic rings. The minimum Gasteiger partial charge on any atom is -0.496 e. The average molecular weight is 497 g/mol. The number of methoxy groups -OCH3 is 1. The van der Waals surface area contributed by atoms with E-state index in [9.17, 15) is 0 Å². The molecule has 0 bridgehead atoms. The highest BCUT2D eigenvalue weighted by molar-refractivity contribution is 6.32. The first-order valence-electron chi connectivity index (χ1n) is 10.3. The summed E-state index contributed by atoms with van der Waals surface area (Å²) in [4.78, 5) is 0. The third-order valence-electron chi connectivity index (χ3n) is 4.76. The number of benzene rings is 3. The SMILES string of the molecule is CCOc1cc(CNCCc2ccccc2OC)cc(Cl)c1OCc1ccc(Cl)cc1.Cl. The fourth-order valence-corrected chi connectivity index (χ4v) is 3.64. The Kier molecular flexibility index (Phi) is 11.0. The highest BCUT2D eigenvalue weighted by Crippen LogP contribution is 2.37. The second-order valence-electron chi connectivity index (χ2n) is 6.99. The van der Waals surface area contributed by atoms with Crippen LogP contribution >= 0.6 is 35.6 Å². The van der Waals surface area contributed by atoms with Crippen LogP contribution in [0.4, 0.5) is 0 Å². The summed E-state index contributed by atoms with van der Waals surface area (Å²) < 4.78 is 17.2. The third-order valence-corrected chi connectivity index (χ3v) is 5.29. The third kappa shape index (κ3) is 7.49. The topological polar surface area (TPSA) is 39.7 Å². The Morgan fingerprint density at radius 3 is 2.34 bits per heavy atom. The second kappa shape index (κ2) is 13.4. The van der Waals surface area contributed by atoms with E-state index in [4.69, 9.17) is 37.4 Å². The Morgan fingerprint density at radius 2 is 1.62 bits per heavy atom. The first-order valence-corrected chi connectivity index (χ1v) is 11.0. The smallest absolute Gasteiger partial charge is 0.180 e. The van der Waals surface area contributed by atoms with Gasteiger partial charge in [-0.15, -0.1) is 12.4 Å². The van der Waals surface area contributed by atoms with Gasteiger partial charge in [0.15, 0.2) is 11.5 Å². The molecule has 0 amide bonds. The van der Waals surface area contributed by atoms with Crippen LogP contribution in [0, 0.1) is 0 Å². The lowest BCUT2D eigenvalue weighted by Gasteiger charge is -2.16. The molecule has 172 valence electrons. The van der Waals surface area contributed by atoms with Gasteiger partial charge < -0.3 is 19.5 Å². The van der Waals surface area contributed by atoms with Crippen molar-refractivity contribution in [2.45, 2.75) is 26.5 Å². The molecule has 7 heteroatoms. The Morgan fingerprint density at radius 1 is 0.875 bits per heavy atom. The molecule has 0 heterocycles. The quantitative estimate of drug-likeness (QED) is 0.299. The van der Waals surface area contributed by atoms with Gasteiger partial charge in [0, 0.05) is 11.6 Å². The lowest BCUT2D eigenvalue weighted by molar-refractivity contribution is 0.269. The second-order valence-corrected chi connectivity index (χ2v) is 7.84. The van der Waals surface area contributed by atoms with Crippen LogP contribution in [-0.4, -0.2) is 20.3 Å². The molecule has 0 aliphatic carbocycles. The molecular formula is C25H28Cl3NO3. The number of ether oxygens (including phenoxy) is 3. The Bertz CT molecular complexity index is 981. The maximum atomic E-state index is 6.54. The highest BCUT2D eigenvalue weighted by Gasteiger charge is 2.13. The van der Waals surface area contributed by atoms with E-state index in [-0.39, 0.29) is 12.4 Å². The van der Waals surface area contributed by atoms with E-state index in [1.165, 1.54) is 5.56 Å². The lowest BCUT2D eigenvalue weighted by Crippen LogP contribution is -2.17. The summed E-state index contributed by atoms with van der Waals surface area (Å²) in [5, 5.41) is 4.68. The minimum atomic E-state index is 0. The van der Waals surface area contributed by atoms with E-state index < -0.39 is 0 Å². The van der Waals surface area contributed by atoms with Crippen LogP contribution in [0.3, 0.4) is 0 Å². The highest BCUT2D eigenvalue weighted by atomic mass is 35.5. The van der Waals surface area contributed by atoms with E-state index >= 15 is 0 Å². The first kappa shape index (κ1) is 26.1. The largest absolute Gasteiger partial charge is 0.496 e. The van der Waals surface area contributed by atoms with Crippen LogP contribution in [0.25, 0.3) is 0 Å². The zero-order valence-electron chi connectivity index (χ0n) is 18.2. The molecule has 0 unspecified atom stereocenters. The molecule has 3 rings (SSSR count). The van der Waals surface area contributed by atoms with E-state index in [0.717, 1.165) is 29.8 Å². The molecule has 3 aromatic carbocycles. The van der Waals surface area contributed by atoms with Crippen LogP contribution in [0.15, 0.2) is 60.7 Å². The van der Waals surface area contributed by atoms with Crippen LogP contribution in [0.5, 0.6) is 17.2 Å². The van der Waals surface area contributed by atoms with Gasteiger partial charge in [0.05, 0.1) is 18.7 Å². The zero-order valence-corrected chi connectivity index (χ0v) is 20.5. The van der Waals surface area contributed by atoms with Gasteiger partial charge in [0.25, 0.3) is 0 Å². The van der Waals surface area contributed by atoms with Crippen molar-refractivity contribution in [1.82, 2.24) is 5.32 Å². The van der Waals surface area contributed by atoms with Gasteiger partial charge in [0.2, 0.25) is 0 Å². The number of nitrogens with one attached hydrogen (secondary N) is 1. The van der Waals surface area contributed by atoms with Crippen molar-refractivity contribution >= 4 is 35.6 Å². The van der Waals surface area contributed by atoms with Crippen LogP contribution in [0.2, 0.25) is 10.0 Å². The molecule has 0 saturated carbocycles. The fraction of sp³-hybridized carbons (Fsp3) is 0.280. The van der Waals surface area contributed by atoms with Crippen molar-refractivity contribution < 1.29 is 14.2 Å². The molecule has 1 N–H and O–H groups in total. The van der Waals surface area contributed by atoms with Gasteiger partial charge in [-0.2, -0.15) is 0 Å². The summed E-state index contributed by atoms with van der Waals surface area (Å²) in [6.07, 6.45) is 0.873. The van der Waals surface area contributed by atoms with Crippen molar-refractivity contribution in [3.63, 3.8) is 0 Å². The Hall–Kier alpha value is -2.11. The molecule has 0 fully saturated rings. The van der Waals surface area contributed by atoms with Crippen molar-refractivity contribution in [1.29, 1.82) is 0 Å². The molecule has 0 spiro atoms. The predicted octanol–water partition coefficient (Wildman–Crippen LogP) is 6.73. The maximum Gasteiger partial charge on any atom is 0.180 e. The lowest BCUT2D eigenvalue weighted by atomic mass is 10.1. The summed E-state index contributed by atoms with van der Waals surface area (Å²) in [5.41, 5.74) is 3.22. The van der Waals surface area contributed by atoms with Gasteiger partial charge in [-0.3, -0.25) is 0 Å². The minimum absolute atomic E-state index is 0. The van der Waals surface area contributed by atoms with E-state index in [1.807, 2.05) is 61.5 Å². The number of halogens is 3. The van der Waals surface area contributed by atoms with Gasteiger partial charge >= 0.3 is 0 Å². The summed E-state index contributed by atoms with van der Waals surface area (Å²) in [6, 6.07) is 19.5. The summed E-state index contributed by atoms with van der Waals surface area (Å²) >= 11 is 12.5. The van der Waals surface area contributed by atoms with Crippen molar-refractivity contribution in [3.8, 4) is 17.2 Å². The number of rotatable bonds is 11. The van der Waals surface area contributed by atoms with Crippen molar-refractivity contribution in [3.05, 3.63) is 87.4 Å². The van der Waals surface area contributed by atoms with Crippen LogP contribution in [0.1, 0.15) is 23.6 Å². The molecule has 3 aromatic rings. The number of hydrogen-bond acceptors (Lipinski definition) is 4. The van der Waals surface area contributed by atoms with Gasteiger partial charge in [-0.1, -0.05) is 53.5 Å². The fourth-order valence-electron chi connectivity index (χ4n) is 3.23. The monoisotopic (exact) mass is 495 g/mol. The molecule has 0 aromatic heterocycles. The van der Waals surface area contributed by atoms with Crippen LogP contribution in [-0.2, 0) is 19.6 Å².